The predicted octanol–water partition coefficient (Wildman–Crippen LogP) is 3.86. The van der Waals surface area contributed by atoms with E-state index in [1.807, 2.05) is 0 Å². The second kappa shape index (κ2) is 5.24. The summed E-state index contributed by atoms with van der Waals surface area (Å²) < 4.78 is 2.17. The van der Waals surface area contributed by atoms with Crippen molar-refractivity contribution in [1.29, 1.82) is 0 Å². The topological polar surface area (TPSA) is 43.8 Å². The number of hydrogen-bond donors (Lipinski definition) is 1. The zero-order valence-corrected chi connectivity index (χ0v) is 12.6. The van der Waals surface area contributed by atoms with Crippen molar-refractivity contribution < 1.29 is 0 Å². The van der Waals surface area contributed by atoms with Crippen LogP contribution in [0.1, 0.15) is 33.3 Å². The normalized spacial score (nSPS) is 12.2. The average Bonchev–Trinajstić information content (AvgIpc) is 2.63. The van der Waals surface area contributed by atoms with Gasteiger partial charge in [-0.05, 0) is 36.3 Å². The fourth-order valence-corrected chi connectivity index (χ4v) is 2.90. The highest BCUT2D eigenvalue weighted by atomic mass is 15.2. The van der Waals surface area contributed by atoms with E-state index in [0.29, 0.717) is 23.7 Å². The van der Waals surface area contributed by atoms with Crippen LogP contribution >= 0.6 is 0 Å². The molecule has 0 fully saturated rings. The largest absolute Gasteiger partial charge is 0.369 e. The summed E-state index contributed by atoms with van der Waals surface area (Å²) in [6.07, 6.45) is 0. The van der Waals surface area contributed by atoms with Crippen molar-refractivity contribution in [2.24, 2.45) is 17.8 Å². The molecule has 0 unspecified atom stereocenters. The fraction of sp³-hybridized carbons (Fsp3) is 0.562. The molecule has 2 aromatic rings. The first-order valence-electron chi connectivity index (χ1n) is 7.13. The van der Waals surface area contributed by atoms with Gasteiger partial charge in [0.05, 0.1) is 11.0 Å². The molecule has 19 heavy (non-hydrogen) atoms. The molecule has 0 spiro atoms. The van der Waals surface area contributed by atoms with Crippen LogP contribution in [0.15, 0.2) is 18.2 Å². The Morgan fingerprint density at radius 2 is 1.79 bits per heavy atom. The molecule has 2 N–H and O–H groups in total. The number of imidazole rings is 1. The van der Waals surface area contributed by atoms with Gasteiger partial charge >= 0.3 is 0 Å². The number of aryl methyl sites for hydroxylation is 1. The first kappa shape index (κ1) is 13.9. The maximum atomic E-state index is 6.12. The quantitative estimate of drug-likeness (QED) is 0.906. The van der Waals surface area contributed by atoms with Gasteiger partial charge in [0.1, 0.15) is 0 Å². The first-order valence-corrected chi connectivity index (χ1v) is 7.13. The molecule has 0 aliphatic heterocycles. The van der Waals surface area contributed by atoms with Crippen LogP contribution in [-0.2, 0) is 6.54 Å². The molecule has 3 nitrogen and oxygen atoms in total. The fourth-order valence-electron chi connectivity index (χ4n) is 2.90. The molecule has 1 heterocycles. The van der Waals surface area contributed by atoms with Crippen LogP contribution in [0.2, 0.25) is 0 Å². The van der Waals surface area contributed by atoms with Crippen molar-refractivity contribution in [1.82, 2.24) is 9.55 Å². The van der Waals surface area contributed by atoms with Gasteiger partial charge in [-0.2, -0.15) is 0 Å². The molecule has 0 atom stereocenters. The average molecular weight is 259 g/mol. The van der Waals surface area contributed by atoms with Crippen LogP contribution in [0.25, 0.3) is 11.0 Å². The van der Waals surface area contributed by atoms with Gasteiger partial charge in [-0.1, -0.05) is 39.8 Å². The maximum absolute atomic E-state index is 6.12. The number of para-hydroxylation sites is 1. The Kier molecular flexibility index (Phi) is 3.83. The summed E-state index contributed by atoms with van der Waals surface area (Å²) in [5.74, 6) is 2.53. The molecule has 2 rings (SSSR count). The second-order valence-corrected chi connectivity index (χ2v) is 6.18. The van der Waals surface area contributed by atoms with Gasteiger partial charge in [0, 0.05) is 6.54 Å². The van der Waals surface area contributed by atoms with E-state index in [2.05, 4.69) is 62.4 Å². The van der Waals surface area contributed by atoms with Crippen LogP contribution in [0.3, 0.4) is 0 Å². The lowest BCUT2D eigenvalue weighted by Crippen LogP contribution is -2.22. The Bertz CT molecular complexity index is 559. The summed E-state index contributed by atoms with van der Waals surface area (Å²) in [5.41, 5.74) is 9.50. The lowest BCUT2D eigenvalue weighted by molar-refractivity contribution is 0.255. The van der Waals surface area contributed by atoms with Gasteiger partial charge in [-0.25, -0.2) is 4.98 Å². The summed E-state index contributed by atoms with van der Waals surface area (Å²) in [5, 5.41) is 0. The first-order chi connectivity index (χ1) is 8.91. The molecule has 1 aromatic heterocycles. The Morgan fingerprint density at radius 1 is 1.16 bits per heavy atom. The minimum Gasteiger partial charge on any atom is -0.369 e. The summed E-state index contributed by atoms with van der Waals surface area (Å²) in [6.45, 7) is 12.2. The predicted molar refractivity (Wildman–Crippen MR) is 82.0 cm³/mol. The Labute approximate surface area is 115 Å². The van der Waals surface area contributed by atoms with Gasteiger partial charge in [-0.15, -0.1) is 0 Å². The smallest absolute Gasteiger partial charge is 0.201 e. The molecule has 0 saturated carbocycles. The molecule has 0 radical (unpaired) electrons. The molecule has 0 bridgehead atoms. The van der Waals surface area contributed by atoms with E-state index in [4.69, 9.17) is 5.73 Å². The number of fused-ring (bicyclic) bond motifs is 1. The third-order valence-corrected chi connectivity index (χ3v) is 4.12. The Morgan fingerprint density at radius 3 is 2.37 bits per heavy atom. The number of rotatable bonds is 4. The number of hydrogen-bond acceptors (Lipinski definition) is 2. The van der Waals surface area contributed by atoms with Crippen LogP contribution in [-0.4, -0.2) is 9.55 Å². The van der Waals surface area contributed by atoms with Gasteiger partial charge in [0.15, 0.2) is 0 Å². The van der Waals surface area contributed by atoms with Gasteiger partial charge in [-0.3, -0.25) is 0 Å². The molecule has 1 aromatic carbocycles. The van der Waals surface area contributed by atoms with Crippen molar-refractivity contribution in [2.45, 2.75) is 41.2 Å². The summed E-state index contributed by atoms with van der Waals surface area (Å²) in [4.78, 5) is 4.53. The highest BCUT2D eigenvalue weighted by molar-refractivity contribution is 5.81. The Hall–Kier alpha value is -1.51. The monoisotopic (exact) mass is 259 g/mol. The van der Waals surface area contributed by atoms with Gasteiger partial charge < -0.3 is 10.3 Å². The van der Waals surface area contributed by atoms with E-state index >= 15 is 0 Å². The molecular weight excluding hydrogens is 234 g/mol. The van der Waals surface area contributed by atoms with E-state index in [-0.39, 0.29) is 0 Å². The van der Waals surface area contributed by atoms with E-state index in [0.717, 1.165) is 17.6 Å². The minimum atomic E-state index is 0.611. The second-order valence-electron chi connectivity index (χ2n) is 6.18. The number of nitrogens with zero attached hydrogens (tertiary/aromatic N) is 2. The summed E-state index contributed by atoms with van der Waals surface area (Å²) in [7, 11) is 0. The standard InChI is InChI=1S/C16H25N3/c1-10(2)13(11(3)4)9-19-14-8-6-7-12(5)15(14)18-16(19)17/h6-8,10-11,13H,9H2,1-5H3,(H2,17,18). The molecule has 0 amide bonds. The van der Waals surface area contributed by atoms with Crippen molar-refractivity contribution >= 4 is 17.0 Å². The highest BCUT2D eigenvalue weighted by Gasteiger charge is 2.20. The van der Waals surface area contributed by atoms with Crippen LogP contribution in [0, 0.1) is 24.7 Å². The molecular formula is C16H25N3. The van der Waals surface area contributed by atoms with Crippen LogP contribution in [0.5, 0.6) is 0 Å². The minimum absolute atomic E-state index is 0.611. The molecule has 3 heteroatoms. The third-order valence-electron chi connectivity index (χ3n) is 4.12. The number of nitrogen functional groups attached to an aromatic ring is 1. The number of anilines is 1. The summed E-state index contributed by atoms with van der Waals surface area (Å²) >= 11 is 0. The zero-order chi connectivity index (χ0) is 14.2. The van der Waals surface area contributed by atoms with Crippen molar-refractivity contribution in [2.75, 3.05) is 5.73 Å². The lowest BCUT2D eigenvalue weighted by atomic mass is 9.85. The molecule has 0 aliphatic rings. The van der Waals surface area contributed by atoms with Crippen LogP contribution in [0.4, 0.5) is 5.95 Å². The Balaban J connectivity index is 2.45. The van der Waals surface area contributed by atoms with E-state index in [1.165, 1.54) is 5.56 Å². The SMILES string of the molecule is Cc1cccc2c1nc(N)n2CC(C(C)C)C(C)C. The highest BCUT2D eigenvalue weighted by Crippen LogP contribution is 2.27. The maximum Gasteiger partial charge on any atom is 0.201 e. The van der Waals surface area contributed by atoms with Crippen molar-refractivity contribution in [3.05, 3.63) is 23.8 Å². The lowest BCUT2D eigenvalue weighted by Gasteiger charge is -2.26. The van der Waals surface area contributed by atoms with Crippen LogP contribution < -0.4 is 5.73 Å². The molecule has 0 aliphatic carbocycles. The van der Waals surface area contributed by atoms with Crippen molar-refractivity contribution in [3.63, 3.8) is 0 Å². The summed E-state index contributed by atoms with van der Waals surface area (Å²) in [6, 6.07) is 6.28. The molecule has 104 valence electrons. The zero-order valence-electron chi connectivity index (χ0n) is 12.6. The number of benzene rings is 1. The number of aromatic nitrogens is 2. The van der Waals surface area contributed by atoms with E-state index < -0.39 is 0 Å². The molecule has 0 saturated heterocycles. The van der Waals surface area contributed by atoms with Crippen molar-refractivity contribution in [3.8, 4) is 0 Å². The van der Waals surface area contributed by atoms with Gasteiger partial charge in [0.2, 0.25) is 5.95 Å². The van der Waals surface area contributed by atoms with Gasteiger partial charge in [0.25, 0.3) is 0 Å². The van der Waals surface area contributed by atoms with E-state index in [1.54, 1.807) is 0 Å². The number of nitrogens with two attached hydrogens (primary N) is 1. The van der Waals surface area contributed by atoms with E-state index in [9.17, 15) is 0 Å². The third kappa shape index (κ3) is 2.60.